The van der Waals surface area contributed by atoms with Crippen LogP contribution in [-0.4, -0.2) is 55.9 Å². The second-order valence-electron chi connectivity index (χ2n) is 0.408. The third-order valence-electron chi connectivity index (χ3n) is 0. The second kappa shape index (κ2) is 38.9. The fourth-order valence-electron chi connectivity index (χ4n) is 0. The van der Waals surface area contributed by atoms with E-state index in [1.165, 1.54) is 0 Å². The maximum Gasteiger partial charge on any atom is 1.00 e. The Hall–Kier alpha value is 0.590. The Bertz CT molecular complexity index is 93.3. The molecule has 11 nitrogen and oxygen atoms in total. The maximum absolute atomic E-state index is 8.52. The van der Waals surface area contributed by atoms with E-state index >= 15 is 0 Å². The summed E-state index contributed by atoms with van der Waals surface area (Å²) in [5, 5.41) is 0. The molecule has 0 saturated carbocycles. The number of hydrogen-bond donors (Lipinski definition) is 0. The third-order valence-corrected chi connectivity index (χ3v) is 0. The van der Waals surface area contributed by atoms with Gasteiger partial charge in [-0.05, 0) is 0 Å². The Morgan fingerprint density at radius 2 is 0.615 bits per heavy atom. The first-order valence-electron chi connectivity index (χ1n) is 0.667. The van der Waals surface area contributed by atoms with Gasteiger partial charge in [-0.3, -0.25) is 8.42 Å². The van der Waals surface area contributed by atoms with E-state index in [1.54, 1.807) is 0 Å². The van der Waals surface area contributed by atoms with Gasteiger partial charge in [-0.25, -0.2) is 0 Å². The first-order valence-corrected chi connectivity index (χ1v) is 2.00. The van der Waals surface area contributed by atoms with Gasteiger partial charge in [0.1, 0.15) is 0 Å². The number of hydrogen-bond acceptors (Lipinski definition) is 4. The summed E-state index contributed by atoms with van der Waals surface area (Å²) in [6.45, 7) is 0. The molecule has 0 spiro atoms. The molecule has 13 heteroatoms. The summed E-state index contributed by atoms with van der Waals surface area (Å²) in [6.07, 6.45) is 0. The molecule has 88 valence electrons. The summed E-state index contributed by atoms with van der Waals surface area (Å²) >= 11 is 0. The van der Waals surface area contributed by atoms with Gasteiger partial charge in [0.15, 0.2) is 0 Å². The largest absolute Gasteiger partial charge is 1.00 e. The summed E-state index contributed by atoms with van der Waals surface area (Å²) in [7, 11) is -5.17. The van der Waals surface area contributed by atoms with E-state index in [4.69, 9.17) is 17.5 Å². The van der Waals surface area contributed by atoms with Crippen LogP contribution in [0, 0.1) is 0 Å². The Morgan fingerprint density at radius 3 is 0.615 bits per heavy atom. The standard InChI is InChI=1S/Na.H2O4S.7H2O/c;1-5(2,3)4;;;;;;;/h;(H2,1,2,3,4);7*1H2/q+1;;;;;;;;/p-2. The van der Waals surface area contributed by atoms with Crippen LogP contribution in [0.15, 0.2) is 0 Å². The van der Waals surface area contributed by atoms with Crippen molar-refractivity contribution in [2.24, 2.45) is 0 Å². The van der Waals surface area contributed by atoms with E-state index in [-0.39, 0.29) is 67.9 Å². The summed E-state index contributed by atoms with van der Waals surface area (Å²) in [4.78, 5) is 0. The SMILES string of the molecule is O.O.O.O.O.O.O.O=S(=O)([O-])[O-].[Na+]. The molecule has 0 aromatic rings. The molecule has 0 heterocycles. The van der Waals surface area contributed by atoms with Crippen LogP contribution in [0.5, 0.6) is 0 Å². The molecule has 0 atom stereocenters. The molecule has 0 saturated heterocycles. The van der Waals surface area contributed by atoms with Crippen molar-refractivity contribution in [3.05, 3.63) is 0 Å². The summed E-state index contributed by atoms with van der Waals surface area (Å²) < 4.78 is 34.1. The monoisotopic (exact) mass is 245 g/mol. The molecule has 14 N–H and O–H groups in total. The van der Waals surface area contributed by atoms with Crippen molar-refractivity contribution >= 4 is 10.4 Å². The Labute approximate surface area is 95.8 Å². The molecule has 0 rings (SSSR count). The predicted octanol–water partition coefficient (Wildman–Crippen LogP) is -10.1. The van der Waals surface area contributed by atoms with Crippen LogP contribution in [0.2, 0.25) is 0 Å². The van der Waals surface area contributed by atoms with E-state index in [1.807, 2.05) is 0 Å². The Morgan fingerprint density at radius 1 is 0.615 bits per heavy atom. The molecule has 0 aliphatic rings. The average Bonchev–Trinajstić information content (AvgIpc) is 0.722. The summed E-state index contributed by atoms with van der Waals surface area (Å²) in [6, 6.07) is 0. The van der Waals surface area contributed by atoms with Crippen molar-refractivity contribution in [1.82, 2.24) is 0 Å². The minimum absolute atomic E-state index is 0. The normalized spacial score (nSPS) is 4.46. The zero-order chi connectivity index (χ0) is 4.50. The van der Waals surface area contributed by atoms with E-state index in [9.17, 15) is 0 Å². The molecule has 0 aromatic heterocycles. The predicted molar refractivity (Wildman–Crippen MR) is 35.8 cm³/mol. The van der Waals surface area contributed by atoms with E-state index < -0.39 is 10.4 Å². The molecule has 0 radical (unpaired) electrons. The van der Waals surface area contributed by atoms with Crippen LogP contribution in [0.25, 0.3) is 0 Å². The van der Waals surface area contributed by atoms with Crippen LogP contribution in [0.1, 0.15) is 0 Å². The van der Waals surface area contributed by atoms with Crippen LogP contribution in [0.4, 0.5) is 0 Å². The van der Waals surface area contributed by atoms with E-state index in [0.717, 1.165) is 0 Å². The fourth-order valence-corrected chi connectivity index (χ4v) is 0. The smallest absolute Gasteiger partial charge is 0.759 e. The van der Waals surface area contributed by atoms with Gasteiger partial charge in [0, 0.05) is 10.4 Å². The van der Waals surface area contributed by atoms with Gasteiger partial charge < -0.3 is 47.4 Å². The number of rotatable bonds is 0. The molecule has 0 fully saturated rings. The van der Waals surface area contributed by atoms with Gasteiger partial charge in [0.05, 0.1) is 0 Å². The summed E-state index contributed by atoms with van der Waals surface area (Å²) in [5.74, 6) is 0. The van der Waals surface area contributed by atoms with Crippen LogP contribution in [-0.2, 0) is 10.4 Å². The first kappa shape index (κ1) is 102. The third kappa shape index (κ3) is 4060. The maximum atomic E-state index is 8.52. The minimum atomic E-state index is -5.17. The van der Waals surface area contributed by atoms with Gasteiger partial charge in [-0.2, -0.15) is 0 Å². The van der Waals surface area contributed by atoms with E-state index in [0.29, 0.717) is 0 Å². The van der Waals surface area contributed by atoms with Crippen molar-refractivity contribution in [3.8, 4) is 0 Å². The summed E-state index contributed by atoms with van der Waals surface area (Å²) in [5.41, 5.74) is 0. The Balaban J connectivity index is -0.00000000286. The van der Waals surface area contributed by atoms with Gasteiger partial charge in [-0.1, -0.05) is 0 Å². The molecule has 0 unspecified atom stereocenters. The average molecular weight is 245 g/mol. The van der Waals surface area contributed by atoms with E-state index in [2.05, 4.69) is 0 Å². The van der Waals surface area contributed by atoms with Crippen molar-refractivity contribution in [2.75, 3.05) is 0 Å². The molecule has 0 amide bonds. The van der Waals surface area contributed by atoms with Crippen LogP contribution < -0.4 is 29.6 Å². The molecule has 0 aliphatic carbocycles. The molecule has 13 heavy (non-hydrogen) atoms. The molecule has 0 bridgehead atoms. The van der Waals surface area contributed by atoms with Gasteiger partial charge in [-0.15, -0.1) is 0 Å². The van der Waals surface area contributed by atoms with Crippen molar-refractivity contribution in [3.63, 3.8) is 0 Å². The van der Waals surface area contributed by atoms with Crippen molar-refractivity contribution in [2.45, 2.75) is 0 Å². The topological polar surface area (TPSA) is 301 Å². The zero-order valence-electron chi connectivity index (χ0n) is 6.54. The first-order chi connectivity index (χ1) is 2.00. The molecular formula is H14NaO11S-. The molecule has 0 aliphatic heterocycles. The quantitative estimate of drug-likeness (QED) is 0.227. The van der Waals surface area contributed by atoms with Crippen molar-refractivity contribution < 1.29 is 85.4 Å². The van der Waals surface area contributed by atoms with Crippen LogP contribution in [0.3, 0.4) is 0 Å². The second-order valence-corrected chi connectivity index (χ2v) is 1.22. The minimum Gasteiger partial charge on any atom is -0.759 e. The zero-order valence-corrected chi connectivity index (χ0v) is 9.36. The Kier molecular flexibility index (Phi) is 306. The van der Waals surface area contributed by atoms with Crippen LogP contribution >= 0.6 is 0 Å². The molecule has 0 aromatic carbocycles. The van der Waals surface area contributed by atoms with Gasteiger partial charge in [0.25, 0.3) is 0 Å². The fraction of sp³-hybridized carbons (Fsp3) is 0. The molecular weight excluding hydrogens is 231 g/mol. The van der Waals surface area contributed by atoms with Gasteiger partial charge >= 0.3 is 29.6 Å². The van der Waals surface area contributed by atoms with Gasteiger partial charge in [0.2, 0.25) is 0 Å². The van der Waals surface area contributed by atoms with Crippen molar-refractivity contribution in [1.29, 1.82) is 0 Å².